The van der Waals surface area contributed by atoms with Crippen LogP contribution in [-0.2, 0) is 55.6 Å². The van der Waals surface area contributed by atoms with Gasteiger partial charge in [-0.25, -0.2) is 19.1 Å². The van der Waals surface area contributed by atoms with Gasteiger partial charge in [0.15, 0.2) is 11.4 Å². The lowest BCUT2D eigenvalue weighted by atomic mass is 9.85. The molecule has 2 amide bonds. The number of rotatable bonds is 12. The quantitative estimate of drug-likeness (QED) is 0.0609. The predicted octanol–water partition coefficient (Wildman–Crippen LogP) is 4.91. The molecule has 2 aliphatic heterocycles. The molecule has 2 N–H and O–H groups in total. The number of benzene rings is 2. The molecule has 14 nitrogen and oxygen atoms in total. The van der Waals surface area contributed by atoms with Gasteiger partial charge < -0.3 is 29.0 Å². The van der Waals surface area contributed by atoms with Gasteiger partial charge in [0, 0.05) is 35.3 Å². The molecule has 302 valence electrons. The second kappa shape index (κ2) is 15.3. The molecule has 0 bridgehead atoms. The van der Waals surface area contributed by atoms with Crippen LogP contribution in [0.15, 0.2) is 53.3 Å². The Bertz CT molecular complexity index is 2360. The van der Waals surface area contributed by atoms with Crippen LogP contribution >= 0.6 is 0 Å². The minimum atomic E-state index is -1.38. The predicted molar refractivity (Wildman–Crippen MR) is 216 cm³/mol. The Morgan fingerprint density at radius 1 is 0.982 bits per heavy atom. The first-order valence-corrected chi connectivity index (χ1v) is 19.2. The first-order valence-electron chi connectivity index (χ1n) is 19.2. The van der Waals surface area contributed by atoms with Gasteiger partial charge in [-0.15, -0.1) is 4.65 Å². The normalized spacial score (nSPS) is 16.7. The SMILES string of the molecule is CCc1c2c(nc3ccc(OC(=O)[N+](C)(C)CC[N+](C)(C)Cc4ccc(C=CC(=O)[N+](C)(C)OC)cc4)c(N)c13)-c1cc3c(c(=O)n1C2)COC(=O)C3(CC)OC. The molecule has 4 heterocycles. The van der Waals surface area contributed by atoms with Crippen LogP contribution in [0.1, 0.15) is 53.6 Å². The van der Waals surface area contributed by atoms with Gasteiger partial charge in [0.1, 0.15) is 40.3 Å². The minimum Gasteiger partial charge on any atom is -0.458 e. The summed E-state index contributed by atoms with van der Waals surface area (Å²) in [7, 11) is 14.2. The third-order valence-electron chi connectivity index (χ3n) is 11.6. The number of methoxy groups -OCH3 is 1. The first-order chi connectivity index (χ1) is 26.8. The number of fused-ring (bicyclic) bond motifs is 5. The Morgan fingerprint density at radius 3 is 2.32 bits per heavy atom. The first kappa shape index (κ1) is 41.4. The van der Waals surface area contributed by atoms with Crippen LogP contribution in [0.5, 0.6) is 5.75 Å². The summed E-state index contributed by atoms with van der Waals surface area (Å²) in [6.45, 7) is 5.91. The number of nitrogens with two attached hydrogens (primary N) is 1. The van der Waals surface area contributed by atoms with Crippen LogP contribution in [0.2, 0.25) is 0 Å². The number of nitrogens with zero attached hydrogens (tertiary/aromatic N) is 5. The monoisotopic (exact) mass is 783 g/mol. The Morgan fingerprint density at radius 2 is 1.68 bits per heavy atom. The van der Waals surface area contributed by atoms with Gasteiger partial charge in [-0.1, -0.05) is 38.1 Å². The van der Waals surface area contributed by atoms with Gasteiger partial charge in [-0.2, -0.15) is 9.63 Å². The largest absolute Gasteiger partial charge is 0.521 e. The standard InChI is InChI=1S/C43H55N6O8/c1-11-29-30-24-46-34(23-32-31(40(46)51)26-56-41(52)43(32,12-2)54-9)39(30)45-33-18-19-35(38(44)37(29)33)57-42(53)48(5,6)22-21-47(3,4)25-28-15-13-27(14-16-28)17-20-36(50)49(7,8)55-10/h13-20,23H,11-12,21-22,24-26,44H2,1-10H3/q+3. The Kier molecular flexibility index (Phi) is 11.1. The fraction of sp³-hybridized carbons (Fsp3) is 0.419. The molecular formula is C43H55N6O8+3. The molecule has 0 radical (unpaired) electrons. The second-order valence-corrected chi connectivity index (χ2v) is 16.5. The summed E-state index contributed by atoms with van der Waals surface area (Å²) >= 11 is 0. The Balaban J connectivity index is 1.19. The molecule has 0 saturated heterocycles. The number of amides is 2. The van der Waals surface area contributed by atoms with Crippen molar-refractivity contribution < 1.29 is 47.0 Å². The molecule has 0 fully saturated rings. The van der Waals surface area contributed by atoms with E-state index in [2.05, 4.69) is 14.1 Å². The highest BCUT2D eigenvalue weighted by molar-refractivity contribution is 5.99. The van der Waals surface area contributed by atoms with E-state index in [4.69, 9.17) is 29.8 Å². The van der Waals surface area contributed by atoms with Crippen molar-refractivity contribution in [3.8, 4) is 17.1 Å². The number of carbonyl (C=O) groups excluding carboxylic acids is 3. The van der Waals surface area contributed by atoms with Crippen LogP contribution in [0.3, 0.4) is 0 Å². The van der Waals surface area contributed by atoms with E-state index in [1.165, 1.54) is 20.3 Å². The van der Waals surface area contributed by atoms with E-state index in [-0.39, 0.29) is 39.5 Å². The van der Waals surface area contributed by atoms with Gasteiger partial charge in [0.25, 0.3) is 5.56 Å². The lowest BCUT2D eigenvalue weighted by Crippen LogP contribution is -2.54. The second-order valence-electron chi connectivity index (χ2n) is 16.5. The Labute approximate surface area is 333 Å². The number of aryl methyl sites for hydroxylation is 1. The summed E-state index contributed by atoms with van der Waals surface area (Å²) in [6.07, 6.45) is 3.73. The van der Waals surface area contributed by atoms with E-state index >= 15 is 0 Å². The number of pyridine rings is 2. The van der Waals surface area contributed by atoms with E-state index < -0.39 is 17.7 Å². The average molecular weight is 784 g/mol. The zero-order chi connectivity index (χ0) is 41.7. The highest BCUT2D eigenvalue weighted by Gasteiger charge is 2.47. The fourth-order valence-corrected chi connectivity index (χ4v) is 7.65. The number of nitrogen functional groups attached to an aromatic ring is 1. The number of quaternary nitrogens is 3. The number of cyclic esters (lactones) is 1. The molecule has 2 aromatic carbocycles. The number of anilines is 1. The molecule has 0 saturated carbocycles. The van der Waals surface area contributed by atoms with Gasteiger partial charge >= 0.3 is 18.0 Å². The van der Waals surface area contributed by atoms with Crippen molar-refractivity contribution in [2.75, 3.05) is 75.3 Å². The molecule has 0 spiro atoms. The molecule has 0 aliphatic carbocycles. The van der Waals surface area contributed by atoms with E-state index in [0.717, 1.165) is 28.8 Å². The maximum Gasteiger partial charge on any atom is 0.521 e. The van der Waals surface area contributed by atoms with Crippen molar-refractivity contribution in [2.45, 2.75) is 52.0 Å². The molecule has 14 heteroatoms. The number of carbonyl (C=O) groups is 3. The average Bonchev–Trinajstić information content (AvgIpc) is 3.55. The molecule has 1 unspecified atom stereocenters. The van der Waals surface area contributed by atoms with E-state index in [1.807, 2.05) is 58.3 Å². The van der Waals surface area contributed by atoms with Gasteiger partial charge in [-0.05, 0) is 48.2 Å². The van der Waals surface area contributed by atoms with E-state index in [1.54, 1.807) is 36.9 Å². The van der Waals surface area contributed by atoms with Crippen LogP contribution in [0.25, 0.3) is 28.4 Å². The summed E-state index contributed by atoms with van der Waals surface area (Å²) < 4.78 is 19.2. The molecule has 4 aromatic rings. The van der Waals surface area contributed by atoms with E-state index in [9.17, 15) is 19.2 Å². The lowest BCUT2D eigenvalue weighted by Gasteiger charge is -2.35. The number of hydroxylamine groups is 3. The zero-order valence-electron chi connectivity index (χ0n) is 34.7. The molecule has 1 atom stereocenters. The summed E-state index contributed by atoms with van der Waals surface area (Å²) in [5, 5.41) is 0.680. The van der Waals surface area contributed by atoms with Crippen LogP contribution in [0.4, 0.5) is 10.5 Å². The van der Waals surface area contributed by atoms with Crippen molar-refractivity contribution in [2.24, 2.45) is 0 Å². The fourth-order valence-electron chi connectivity index (χ4n) is 7.65. The summed E-state index contributed by atoms with van der Waals surface area (Å²) in [5.41, 5.74) is 12.0. The number of hydrogen-bond acceptors (Lipinski definition) is 10. The molecule has 2 aromatic heterocycles. The van der Waals surface area contributed by atoms with Gasteiger partial charge in [0.2, 0.25) is 0 Å². The minimum absolute atomic E-state index is 0.0356. The maximum absolute atomic E-state index is 13.9. The highest BCUT2D eigenvalue weighted by atomic mass is 16.7. The third-order valence-corrected chi connectivity index (χ3v) is 11.6. The smallest absolute Gasteiger partial charge is 0.458 e. The topological polar surface area (TPSA) is 149 Å². The van der Waals surface area contributed by atoms with Crippen molar-refractivity contribution in [1.82, 2.24) is 9.55 Å². The number of ether oxygens (including phenoxy) is 3. The van der Waals surface area contributed by atoms with E-state index in [0.29, 0.717) is 69.5 Å². The molecule has 2 aliphatic rings. The number of esters is 1. The maximum atomic E-state index is 13.9. The van der Waals surface area contributed by atoms with Crippen LogP contribution < -0.4 is 16.0 Å². The highest BCUT2D eigenvalue weighted by Crippen LogP contribution is 2.43. The van der Waals surface area contributed by atoms with Crippen LogP contribution in [-0.4, -0.2) is 111 Å². The Hall–Kier alpha value is -5.25. The summed E-state index contributed by atoms with van der Waals surface area (Å²) in [4.78, 5) is 63.2. The summed E-state index contributed by atoms with van der Waals surface area (Å²) in [5.74, 6) is -0.437. The lowest BCUT2D eigenvalue weighted by molar-refractivity contribution is -1.01. The van der Waals surface area contributed by atoms with Gasteiger partial charge in [-0.3, -0.25) is 4.79 Å². The van der Waals surface area contributed by atoms with Crippen LogP contribution in [0, 0.1) is 0 Å². The molecule has 6 rings (SSSR count). The number of likely N-dealkylation sites (N-methyl/N-ethyl adjacent to an activating group) is 3. The number of hydrogen-bond donors (Lipinski definition) is 1. The van der Waals surface area contributed by atoms with Crippen molar-refractivity contribution in [3.63, 3.8) is 0 Å². The third kappa shape index (κ3) is 7.51. The number of aromatic nitrogens is 2. The van der Waals surface area contributed by atoms with Crippen molar-refractivity contribution in [3.05, 3.63) is 92.3 Å². The summed E-state index contributed by atoms with van der Waals surface area (Å²) in [6, 6.07) is 13.4. The molecule has 57 heavy (non-hydrogen) atoms. The van der Waals surface area contributed by atoms with Crippen molar-refractivity contribution in [1.29, 1.82) is 0 Å². The molecular weight excluding hydrogens is 729 g/mol. The van der Waals surface area contributed by atoms with Crippen molar-refractivity contribution >= 4 is 40.6 Å². The zero-order valence-corrected chi connectivity index (χ0v) is 34.7. The van der Waals surface area contributed by atoms with Gasteiger partial charge in [0.05, 0.1) is 70.0 Å².